The fourth-order valence-electron chi connectivity index (χ4n) is 4.19. The van der Waals surface area contributed by atoms with Crippen molar-refractivity contribution in [3.63, 3.8) is 0 Å². The molecule has 0 radical (unpaired) electrons. The van der Waals surface area contributed by atoms with Crippen molar-refractivity contribution >= 4 is 11.6 Å². The molecule has 1 atom stereocenters. The van der Waals surface area contributed by atoms with E-state index in [1.165, 1.54) is 5.56 Å². The SMILES string of the molecule is Cc1cccc2nc(C(=O)N3CCCC[C@H]3c3ncc(Cc4ccccc4)o3)cn12. The first-order valence-electron chi connectivity index (χ1n) is 10.4. The molecule has 3 aromatic heterocycles. The molecule has 6 heteroatoms. The highest BCUT2D eigenvalue weighted by molar-refractivity contribution is 5.93. The number of fused-ring (bicyclic) bond motifs is 1. The number of carbonyl (C=O) groups excluding carboxylic acids is 1. The van der Waals surface area contributed by atoms with Gasteiger partial charge in [0.15, 0.2) is 0 Å². The van der Waals surface area contributed by atoms with Crippen LogP contribution >= 0.6 is 0 Å². The number of pyridine rings is 1. The number of carbonyl (C=O) groups is 1. The lowest BCUT2D eigenvalue weighted by Crippen LogP contribution is -2.38. The van der Waals surface area contributed by atoms with E-state index in [1.54, 1.807) is 6.20 Å². The van der Waals surface area contributed by atoms with E-state index >= 15 is 0 Å². The summed E-state index contributed by atoms with van der Waals surface area (Å²) in [4.78, 5) is 24.3. The molecule has 0 spiro atoms. The second-order valence-corrected chi connectivity index (χ2v) is 7.86. The molecule has 1 fully saturated rings. The molecule has 4 aromatic rings. The Morgan fingerprint density at radius 3 is 2.83 bits per heavy atom. The van der Waals surface area contributed by atoms with E-state index in [-0.39, 0.29) is 11.9 Å². The highest BCUT2D eigenvalue weighted by Crippen LogP contribution is 2.32. The van der Waals surface area contributed by atoms with Gasteiger partial charge in [-0.15, -0.1) is 0 Å². The average Bonchev–Trinajstić information content (AvgIpc) is 3.42. The van der Waals surface area contributed by atoms with Gasteiger partial charge in [0.2, 0.25) is 5.89 Å². The average molecular weight is 400 g/mol. The van der Waals surface area contributed by atoms with Gasteiger partial charge in [0.1, 0.15) is 23.1 Å². The molecule has 0 aliphatic carbocycles. The van der Waals surface area contributed by atoms with Gasteiger partial charge >= 0.3 is 0 Å². The maximum atomic E-state index is 13.3. The molecule has 0 bridgehead atoms. The fourth-order valence-corrected chi connectivity index (χ4v) is 4.19. The number of aromatic nitrogens is 3. The summed E-state index contributed by atoms with van der Waals surface area (Å²) >= 11 is 0. The highest BCUT2D eigenvalue weighted by atomic mass is 16.4. The molecule has 6 nitrogen and oxygen atoms in total. The van der Waals surface area contributed by atoms with E-state index < -0.39 is 0 Å². The Kier molecular flexibility index (Phi) is 4.83. The normalized spacial score (nSPS) is 16.8. The van der Waals surface area contributed by atoms with Gasteiger partial charge < -0.3 is 13.7 Å². The highest BCUT2D eigenvalue weighted by Gasteiger charge is 2.33. The largest absolute Gasteiger partial charge is 0.443 e. The van der Waals surface area contributed by atoms with Crippen LogP contribution in [0.1, 0.15) is 58.7 Å². The molecule has 1 aliphatic heterocycles. The number of hydrogen-bond acceptors (Lipinski definition) is 4. The first kappa shape index (κ1) is 18.6. The summed E-state index contributed by atoms with van der Waals surface area (Å²) in [6.07, 6.45) is 7.19. The molecule has 152 valence electrons. The summed E-state index contributed by atoms with van der Waals surface area (Å²) in [7, 11) is 0. The molecule has 0 N–H and O–H groups in total. The topological polar surface area (TPSA) is 63.6 Å². The summed E-state index contributed by atoms with van der Waals surface area (Å²) in [6, 6.07) is 15.9. The summed E-state index contributed by atoms with van der Waals surface area (Å²) in [5.74, 6) is 1.37. The molecule has 1 saturated heterocycles. The van der Waals surface area contributed by atoms with Crippen LogP contribution in [0.3, 0.4) is 0 Å². The van der Waals surface area contributed by atoms with Gasteiger partial charge in [-0.25, -0.2) is 9.97 Å². The quantitative estimate of drug-likeness (QED) is 0.503. The molecule has 30 heavy (non-hydrogen) atoms. The van der Waals surface area contributed by atoms with Crippen LogP contribution < -0.4 is 0 Å². The molecular weight excluding hydrogens is 376 g/mol. The summed E-state index contributed by atoms with van der Waals surface area (Å²) < 4.78 is 8.04. The zero-order chi connectivity index (χ0) is 20.5. The Morgan fingerprint density at radius 1 is 1.13 bits per heavy atom. The number of benzene rings is 1. The number of amides is 1. The van der Waals surface area contributed by atoms with Crippen LogP contribution in [0, 0.1) is 6.92 Å². The third-order valence-electron chi connectivity index (χ3n) is 5.76. The molecule has 4 heterocycles. The molecule has 5 rings (SSSR count). The van der Waals surface area contributed by atoms with Crippen LogP contribution in [0.5, 0.6) is 0 Å². The molecule has 0 saturated carbocycles. The molecule has 1 aromatic carbocycles. The van der Waals surface area contributed by atoms with Crippen molar-refractivity contribution in [3.05, 3.63) is 89.5 Å². The van der Waals surface area contributed by atoms with E-state index in [1.807, 2.05) is 58.8 Å². The zero-order valence-corrected chi connectivity index (χ0v) is 17.0. The molecular formula is C24H24N4O2. The Bertz CT molecular complexity index is 1180. The van der Waals surface area contributed by atoms with E-state index in [9.17, 15) is 4.79 Å². The Balaban J connectivity index is 1.40. The van der Waals surface area contributed by atoms with Crippen LogP contribution in [0.4, 0.5) is 0 Å². The predicted octanol–water partition coefficient (Wildman–Crippen LogP) is 4.59. The number of aryl methyl sites for hydroxylation is 1. The predicted molar refractivity (Wildman–Crippen MR) is 113 cm³/mol. The Hall–Kier alpha value is -3.41. The standard InChI is InChI=1S/C24H24N4O2/c1-17-8-7-12-22-26-20(16-28(17)22)24(29)27-13-6-5-11-21(27)23-25-15-19(30-23)14-18-9-3-2-4-10-18/h2-4,7-10,12,15-16,21H,5-6,11,13-14H2,1H3/t21-/m0/s1. The molecule has 1 amide bonds. The third kappa shape index (κ3) is 3.49. The van der Waals surface area contributed by atoms with Gasteiger partial charge in [0.25, 0.3) is 5.91 Å². The maximum Gasteiger partial charge on any atom is 0.274 e. The van der Waals surface area contributed by atoms with E-state index in [2.05, 4.69) is 22.1 Å². The number of nitrogens with zero attached hydrogens (tertiary/aromatic N) is 4. The van der Waals surface area contributed by atoms with Gasteiger partial charge in [-0.2, -0.15) is 0 Å². The lowest BCUT2D eigenvalue weighted by Gasteiger charge is -2.33. The number of imidazole rings is 1. The van der Waals surface area contributed by atoms with Crippen LogP contribution in [0.25, 0.3) is 5.65 Å². The fraction of sp³-hybridized carbons (Fsp3) is 0.292. The van der Waals surface area contributed by atoms with Crippen LogP contribution in [-0.4, -0.2) is 31.7 Å². The summed E-state index contributed by atoms with van der Waals surface area (Å²) in [5.41, 5.74) is 3.48. The van der Waals surface area contributed by atoms with Crippen molar-refractivity contribution in [3.8, 4) is 0 Å². The van der Waals surface area contributed by atoms with E-state index in [4.69, 9.17) is 4.42 Å². The second kappa shape index (κ2) is 7.78. The minimum Gasteiger partial charge on any atom is -0.443 e. The number of piperidine rings is 1. The van der Waals surface area contributed by atoms with E-state index in [0.717, 1.165) is 36.4 Å². The van der Waals surface area contributed by atoms with Gasteiger partial charge in [-0.3, -0.25) is 4.79 Å². The van der Waals surface area contributed by atoms with Crippen molar-refractivity contribution in [1.29, 1.82) is 0 Å². The monoisotopic (exact) mass is 400 g/mol. The van der Waals surface area contributed by atoms with Gasteiger partial charge in [-0.05, 0) is 43.9 Å². The van der Waals surface area contributed by atoms with Gasteiger partial charge in [0, 0.05) is 24.9 Å². The zero-order valence-electron chi connectivity index (χ0n) is 17.0. The Morgan fingerprint density at radius 2 is 2.00 bits per heavy atom. The van der Waals surface area contributed by atoms with Crippen molar-refractivity contribution in [1.82, 2.24) is 19.3 Å². The lowest BCUT2D eigenvalue weighted by molar-refractivity contribution is 0.0564. The van der Waals surface area contributed by atoms with Crippen LogP contribution in [0.2, 0.25) is 0 Å². The molecule has 1 aliphatic rings. The van der Waals surface area contributed by atoms with Gasteiger partial charge in [-0.1, -0.05) is 36.4 Å². The smallest absolute Gasteiger partial charge is 0.274 e. The van der Waals surface area contributed by atoms with Crippen molar-refractivity contribution in [2.45, 2.75) is 38.6 Å². The summed E-state index contributed by atoms with van der Waals surface area (Å²) in [5, 5.41) is 0. The summed E-state index contributed by atoms with van der Waals surface area (Å²) in [6.45, 7) is 2.69. The number of rotatable bonds is 4. The van der Waals surface area contributed by atoms with Crippen LogP contribution in [0.15, 0.2) is 65.3 Å². The second-order valence-electron chi connectivity index (χ2n) is 7.86. The number of likely N-dealkylation sites (tertiary alicyclic amines) is 1. The van der Waals surface area contributed by atoms with Crippen LogP contribution in [-0.2, 0) is 6.42 Å². The van der Waals surface area contributed by atoms with Crippen molar-refractivity contribution < 1.29 is 9.21 Å². The Labute approximate surface area is 175 Å². The minimum atomic E-state index is -0.151. The van der Waals surface area contributed by atoms with E-state index in [0.29, 0.717) is 24.6 Å². The third-order valence-corrected chi connectivity index (χ3v) is 5.76. The lowest BCUT2D eigenvalue weighted by atomic mass is 10.0. The first-order chi connectivity index (χ1) is 14.7. The maximum absolute atomic E-state index is 13.3. The minimum absolute atomic E-state index is 0.0643. The number of oxazole rings is 1. The van der Waals surface area contributed by atoms with Crippen molar-refractivity contribution in [2.75, 3.05) is 6.54 Å². The van der Waals surface area contributed by atoms with Gasteiger partial charge in [0.05, 0.1) is 6.20 Å². The number of hydrogen-bond donors (Lipinski definition) is 0. The molecule has 0 unspecified atom stereocenters. The first-order valence-corrected chi connectivity index (χ1v) is 10.4. The van der Waals surface area contributed by atoms with Crippen molar-refractivity contribution in [2.24, 2.45) is 0 Å².